The maximum Gasteiger partial charge on any atom is 0.0237 e. The van der Waals surface area contributed by atoms with E-state index in [9.17, 15) is 0 Å². The first-order valence-corrected chi connectivity index (χ1v) is 2.81. The lowest BCUT2D eigenvalue weighted by atomic mass is 10.1. The molecule has 1 fully saturated rings. The molecule has 0 aromatic carbocycles. The van der Waals surface area contributed by atoms with E-state index in [1.165, 1.54) is 0 Å². The molecule has 0 unspecified atom stereocenters. The van der Waals surface area contributed by atoms with Gasteiger partial charge in [0.25, 0.3) is 0 Å². The first-order chi connectivity index (χ1) is 3.39. The molecule has 0 aromatic rings. The summed E-state index contributed by atoms with van der Waals surface area (Å²) in [6, 6.07) is 0.223. The van der Waals surface area contributed by atoms with Crippen LogP contribution in [0.4, 0.5) is 0 Å². The average Bonchev–Trinajstić information content (AvgIpc) is 1.69. The van der Waals surface area contributed by atoms with Crippen LogP contribution >= 0.6 is 0 Å². The molecule has 1 rings (SSSR count). The Morgan fingerprint density at radius 3 is 2.14 bits per heavy atom. The second kappa shape index (κ2) is 2.28. The predicted molar refractivity (Wildman–Crippen MR) is 29.0 cm³/mol. The molecule has 2 N–H and O–H groups in total. The van der Waals surface area contributed by atoms with Crippen LogP contribution in [0.1, 0.15) is 12.8 Å². The van der Waals surface area contributed by atoms with Gasteiger partial charge in [0.1, 0.15) is 0 Å². The monoisotopic (exact) mass is 99.1 g/mol. The SMILES string of the molecule is [NH]C1CCNCC1. The molecule has 0 amide bonds. The third kappa shape index (κ3) is 1.45. The Hall–Kier alpha value is -0.0800. The van der Waals surface area contributed by atoms with Crippen molar-refractivity contribution in [2.45, 2.75) is 18.9 Å². The summed E-state index contributed by atoms with van der Waals surface area (Å²) in [5, 5.41) is 3.20. The highest BCUT2D eigenvalue weighted by Gasteiger charge is 2.06. The van der Waals surface area contributed by atoms with Gasteiger partial charge < -0.3 is 5.32 Å². The highest BCUT2D eigenvalue weighted by atomic mass is 14.9. The van der Waals surface area contributed by atoms with Gasteiger partial charge in [0.15, 0.2) is 0 Å². The predicted octanol–water partition coefficient (Wildman–Crippen LogP) is 0.0213. The molecule has 0 atom stereocenters. The Bertz CT molecular complexity index is 48.0. The molecule has 1 aliphatic rings. The molecule has 1 radical (unpaired) electrons. The number of hydrogen-bond acceptors (Lipinski definition) is 1. The van der Waals surface area contributed by atoms with Gasteiger partial charge in [-0.25, -0.2) is 0 Å². The zero-order valence-electron chi connectivity index (χ0n) is 4.41. The van der Waals surface area contributed by atoms with Gasteiger partial charge >= 0.3 is 0 Å². The minimum Gasteiger partial charge on any atom is -0.317 e. The van der Waals surface area contributed by atoms with Crippen LogP contribution in [0.5, 0.6) is 0 Å². The zero-order valence-corrected chi connectivity index (χ0v) is 4.41. The molecule has 0 aliphatic carbocycles. The van der Waals surface area contributed by atoms with Crippen LogP contribution in [0.25, 0.3) is 0 Å². The Balaban J connectivity index is 2.12. The Labute approximate surface area is 44.1 Å². The summed E-state index contributed by atoms with van der Waals surface area (Å²) in [6.45, 7) is 2.10. The number of hydrogen-bond donors (Lipinski definition) is 1. The molecule has 1 aliphatic heterocycles. The normalized spacial score (nSPS) is 25.3. The lowest BCUT2D eigenvalue weighted by Gasteiger charge is -2.16. The second-order valence-corrected chi connectivity index (χ2v) is 2.02. The summed E-state index contributed by atoms with van der Waals surface area (Å²) in [6.07, 6.45) is 2.08. The largest absolute Gasteiger partial charge is 0.317 e. The van der Waals surface area contributed by atoms with Gasteiger partial charge in [-0.3, -0.25) is 5.73 Å². The standard InChI is InChI=1S/C5H11N2/c6-5-1-3-7-4-2-5/h5-7H,1-4H2. The lowest BCUT2D eigenvalue weighted by Crippen LogP contribution is -2.31. The second-order valence-electron chi connectivity index (χ2n) is 2.02. The Kier molecular flexibility index (Phi) is 1.65. The van der Waals surface area contributed by atoms with Crippen molar-refractivity contribution in [1.82, 2.24) is 11.1 Å². The molecule has 7 heavy (non-hydrogen) atoms. The lowest BCUT2D eigenvalue weighted by molar-refractivity contribution is 0.449. The molecule has 41 valence electrons. The quantitative estimate of drug-likeness (QED) is 0.456. The van der Waals surface area contributed by atoms with Gasteiger partial charge in [-0.2, -0.15) is 0 Å². The Morgan fingerprint density at radius 2 is 1.86 bits per heavy atom. The van der Waals surface area contributed by atoms with Gasteiger partial charge in [0, 0.05) is 6.04 Å². The molecule has 0 saturated carbocycles. The fourth-order valence-electron chi connectivity index (χ4n) is 0.822. The minimum atomic E-state index is 0.223. The number of piperidine rings is 1. The maximum atomic E-state index is 7.23. The zero-order chi connectivity index (χ0) is 5.11. The van der Waals surface area contributed by atoms with Crippen LogP contribution in [0.15, 0.2) is 0 Å². The summed E-state index contributed by atoms with van der Waals surface area (Å²) in [7, 11) is 0. The van der Waals surface area contributed by atoms with Crippen molar-refractivity contribution in [2.24, 2.45) is 0 Å². The summed E-state index contributed by atoms with van der Waals surface area (Å²) >= 11 is 0. The van der Waals surface area contributed by atoms with Crippen LogP contribution in [0.3, 0.4) is 0 Å². The molecular formula is C5H11N2. The van der Waals surface area contributed by atoms with Crippen molar-refractivity contribution >= 4 is 0 Å². The van der Waals surface area contributed by atoms with Crippen LogP contribution < -0.4 is 11.1 Å². The van der Waals surface area contributed by atoms with Crippen molar-refractivity contribution in [3.63, 3.8) is 0 Å². The third-order valence-electron chi connectivity index (χ3n) is 1.34. The van der Waals surface area contributed by atoms with Gasteiger partial charge in [-0.1, -0.05) is 0 Å². The fourth-order valence-corrected chi connectivity index (χ4v) is 0.822. The first-order valence-electron chi connectivity index (χ1n) is 2.81. The van der Waals surface area contributed by atoms with E-state index in [-0.39, 0.29) is 6.04 Å². The first kappa shape index (κ1) is 5.06. The smallest absolute Gasteiger partial charge is 0.0237 e. The third-order valence-corrected chi connectivity index (χ3v) is 1.34. The molecular weight excluding hydrogens is 88.1 g/mol. The van der Waals surface area contributed by atoms with E-state index in [1.807, 2.05) is 0 Å². The molecule has 0 aromatic heterocycles. The van der Waals surface area contributed by atoms with E-state index in [1.54, 1.807) is 0 Å². The van der Waals surface area contributed by atoms with Gasteiger partial charge in [-0.05, 0) is 25.9 Å². The van der Waals surface area contributed by atoms with E-state index in [0.29, 0.717) is 0 Å². The maximum absolute atomic E-state index is 7.23. The van der Waals surface area contributed by atoms with Gasteiger partial charge in [-0.15, -0.1) is 0 Å². The molecule has 0 spiro atoms. The molecule has 2 nitrogen and oxygen atoms in total. The Morgan fingerprint density at radius 1 is 1.29 bits per heavy atom. The summed E-state index contributed by atoms with van der Waals surface area (Å²) < 4.78 is 0. The van der Waals surface area contributed by atoms with E-state index < -0.39 is 0 Å². The van der Waals surface area contributed by atoms with Crippen LogP contribution in [-0.2, 0) is 0 Å². The summed E-state index contributed by atoms with van der Waals surface area (Å²) in [5.41, 5.74) is 7.23. The fraction of sp³-hybridized carbons (Fsp3) is 1.00. The van der Waals surface area contributed by atoms with E-state index >= 15 is 0 Å². The van der Waals surface area contributed by atoms with Crippen molar-refractivity contribution in [3.8, 4) is 0 Å². The van der Waals surface area contributed by atoms with Crippen LogP contribution in [0.2, 0.25) is 0 Å². The van der Waals surface area contributed by atoms with Crippen molar-refractivity contribution in [2.75, 3.05) is 13.1 Å². The number of nitrogens with one attached hydrogen (secondary N) is 2. The van der Waals surface area contributed by atoms with Crippen molar-refractivity contribution in [3.05, 3.63) is 0 Å². The molecule has 1 saturated heterocycles. The van der Waals surface area contributed by atoms with Crippen molar-refractivity contribution in [1.29, 1.82) is 0 Å². The van der Waals surface area contributed by atoms with Crippen LogP contribution in [0, 0.1) is 0 Å². The van der Waals surface area contributed by atoms with Crippen molar-refractivity contribution < 1.29 is 0 Å². The summed E-state index contributed by atoms with van der Waals surface area (Å²) in [4.78, 5) is 0. The van der Waals surface area contributed by atoms with Gasteiger partial charge in [0.2, 0.25) is 0 Å². The number of rotatable bonds is 0. The molecule has 0 bridgehead atoms. The molecule has 1 heterocycles. The topological polar surface area (TPSA) is 35.8 Å². The highest BCUT2D eigenvalue weighted by molar-refractivity contribution is 4.68. The van der Waals surface area contributed by atoms with E-state index in [2.05, 4.69) is 5.32 Å². The average molecular weight is 99.2 g/mol. The summed E-state index contributed by atoms with van der Waals surface area (Å²) in [5.74, 6) is 0. The van der Waals surface area contributed by atoms with Gasteiger partial charge in [0.05, 0.1) is 0 Å². The molecule has 2 heteroatoms. The van der Waals surface area contributed by atoms with Crippen LogP contribution in [-0.4, -0.2) is 19.1 Å². The highest BCUT2D eigenvalue weighted by Crippen LogP contribution is 1.98. The van der Waals surface area contributed by atoms with E-state index in [0.717, 1.165) is 25.9 Å². The minimum absolute atomic E-state index is 0.223. The van der Waals surface area contributed by atoms with E-state index in [4.69, 9.17) is 5.73 Å².